The number of nitrogens with two attached hydrogens (primary N) is 1. The summed E-state index contributed by atoms with van der Waals surface area (Å²) in [5, 5.41) is 19.5. The maximum atomic E-state index is 11.3. The molecule has 1 saturated heterocycles. The summed E-state index contributed by atoms with van der Waals surface area (Å²) in [5.74, 6) is 0.147. The van der Waals surface area contributed by atoms with Crippen molar-refractivity contribution >= 4 is 17.3 Å². The van der Waals surface area contributed by atoms with Gasteiger partial charge in [-0.2, -0.15) is 0 Å². The Bertz CT molecular complexity index is 750. The number of benzene rings is 2. The SMILES string of the molecule is NC(=O)CCC1CN(c2cccc(O)c2)CCN1c1cccc(O)c1. The summed E-state index contributed by atoms with van der Waals surface area (Å²) < 4.78 is 0. The Labute approximate surface area is 147 Å². The molecule has 0 bridgehead atoms. The van der Waals surface area contributed by atoms with Crippen molar-refractivity contribution in [2.24, 2.45) is 5.73 Å². The monoisotopic (exact) mass is 341 g/mol. The van der Waals surface area contributed by atoms with Crippen molar-refractivity contribution in [2.45, 2.75) is 18.9 Å². The van der Waals surface area contributed by atoms with Crippen molar-refractivity contribution in [2.75, 3.05) is 29.4 Å². The predicted octanol–water partition coefficient (Wildman–Crippen LogP) is 2.06. The van der Waals surface area contributed by atoms with E-state index in [0.717, 1.165) is 24.5 Å². The molecule has 25 heavy (non-hydrogen) atoms. The fourth-order valence-corrected chi connectivity index (χ4v) is 3.35. The minimum Gasteiger partial charge on any atom is -0.508 e. The highest BCUT2D eigenvalue weighted by Crippen LogP contribution is 2.29. The van der Waals surface area contributed by atoms with Gasteiger partial charge in [0, 0.05) is 55.6 Å². The van der Waals surface area contributed by atoms with Crippen LogP contribution >= 0.6 is 0 Å². The standard InChI is InChI=1S/C19H23N3O3/c20-19(25)8-7-16-13-21(14-3-1-5-17(23)11-14)9-10-22(16)15-4-2-6-18(24)12-15/h1-6,11-12,16,23-24H,7-10,13H2,(H2,20,25). The topological polar surface area (TPSA) is 90.0 Å². The van der Waals surface area contributed by atoms with E-state index in [2.05, 4.69) is 9.80 Å². The first-order chi connectivity index (χ1) is 12.0. The predicted molar refractivity (Wildman–Crippen MR) is 98.0 cm³/mol. The van der Waals surface area contributed by atoms with Crippen molar-refractivity contribution in [1.29, 1.82) is 0 Å². The summed E-state index contributed by atoms with van der Waals surface area (Å²) in [6.07, 6.45) is 0.953. The van der Waals surface area contributed by atoms with Gasteiger partial charge in [-0.15, -0.1) is 0 Å². The van der Waals surface area contributed by atoms with E-state index < -0.39 is 0 Å². The van der Waals surface area contributed by atoms with Crippen LogP contribution in [-0.4, -0.2) is 41.8 Å². The Morgan fingerprint density at radius 3 is 2.32 bits per heavy atom. The van der Waals surface area contributed by atoms with E-state index in [0.29, 0.717) is 19.4 Å². The van der Waals surface area contributed by atoms with Gasteiger partial charge in [-0.05, 0) is 30.7 Å². The molecule has 3 rings (SSSR count). The van der Waals surface area contributed by atoms with Crippen LogP contribution < -0.4 is 15.5 Å². The van der Waals surface area contributed by atoms with Crippen molar-refractivity contribution < 1.29 is 15.0 Å². The zero-order valence-corrected chi connectivity index (χ0v) is 14.0. The molecule has 4 N–H and O–H groups in total. The Balaban J connectivity index is 1.81. The second-order valence-corrected chi connectivity index (χ2v) is 6.34. The number of aromatic hydroxyl groups is 2. The fraction of sp³-hybridized carbons (Fsp3) is 0.316. The van der Waals surface area contributed by atoms with Crippen LogP contribution in [0.15, 0.2) is 48.5 Å². The smallest absolute Gasteiger partial charge is 0.217 e. The summed E-state index contributed by atoms with van der Waals surface area (Å²) in [6.45, 7) is 2.25. The second-order valence-electron chi connectivity index (χ2n) is 6.34. The van der Waals surface area contributed by atoms with Crippen molar-refractivity contribution in [3.05, 3.63) is 48.5 Å². The average molecular weight is 341 g/mol. The summed E-state index contributed by atoms with van der Waals surface area (Å²) in [4.78, 5) is 15.7. The van der Waals surface area contributed by atoms with Crippen molar-refractivity contribution in [3.63, 3.8) is 0 Å². The van der Waals surface area contributed by atoms with Crippen LogP contribution in [0.4, 0.5) is 11.4 Å². The van der Waals surface area contributed by atoms with Gasteiger partial charge in [-0.3, -0.25) is 4.79 Å². The quantitative estimate of drug-likeness (QED) is 0.774. The fourth-order valence-electron chi connectivity index (χ4n) is 3.35. The van der Waals surface area contributed by atoms with Gasteiger partial charge in [0.2, 0.25) is 5.91 Å². The third kappa shape index (κ3) is 4.15. The first-order valence-corrected chi connectivity index (χ1v) is 8.41. The Morgan fingerprint density at radius 2 is 1.68 bits per heavy atom. The third-order valence-electron chi connectivity index (χ3n) is 4.56. The Kier molecular flexibility index (Phi) is 4.97. The van der Waals surface area contributed by atoms with Gasteiger partial charge in [0.25, 0.3) is 0 Å². The van der Waals surface area contributed by atoms with E-state index in [1.54, 1.807) is 24.3 Å². The molecule has 0 aliphatic carbocycles. The average Bonchev–Trinajstić information content (AvgIpc) is 2.59. The lowest BCUT2D eigenvalue weighted by molar-refractivity contribution is -0.118. The van der Waals surface area contributed by atoms with Gasteiger partial charge in [0.15, 0.2) is 0 Å². The van der Waals surface area contributed by atoms with Crippen LogP contribution in [0, 0.1) is 0 Å². The molecule has 1 atom stereocenters. The maximum Gasteiger partial charge on any atom is 0.217 e. The lowest BCUT2D eigenvalue weighted by Crippen LogP contribution is -2.53. The van der Waals surface area contributed by atoms with Gasteiger partial charge in [0.05, 0.1) is 0 Å². The van der Waals surface area contributed by atoms with Gasteiger partial charge in [-0.1, -0.05) is 12.1 Å². The van der Waals surface area contributed by atoms with E-state index >= 15 is 0 Å². The number of carbonyl (C=O) groups excluding carboxylic acids is 1. The highest BCUT2D eigenvalue weighted by Gasteiger charge is 2.28. The van der Waals surface area contributed by atoms with Crippen LogP contribution in [0.25, 0.3) is 0 Å². The van der Waals surface area contributed by atoms with Gasteiger partial charge < -0.3 is 25.7 Å². The summed E-state index contributed by atoms with van der Waals surface area (Å²) in [5.41, 5.74) is 7.23. The molecule has 1 fully saturated rings. The molecule has 0 radical (unpaired) electrons. The molecular weight excluding hydrogens is 318 g/mol. The molecule has 1 unspecified atom stereocenters. The first-order valence-electron chi connectivity index (χ1n) is 8.41. The number of primary amides is 1. The van der Waals surface area contributed by atoms with E-state index in [-0.39, 0.29) is 23.4 Å². The third-order valence-corrected chi connectivity index (χ3v) is 4.56. The molecule has 6 nitrogen and oxygen atoms in total. The number of nitrogens with zero attached hydrogens (tertiary/aromatic N) is 2. The molecule has 0 saturated carbocycles. The van der Waals surface area contributed by atoms with Crippen LogP contribution in [0.3, 0.4) is 0 Å². The van der Waals surface area contributed by atoms with Gasteiger partial charge in [0.1, 0.15) is 11.5 Å². The normalized spacial score (nSPS) is 17.5. The lowest BCUT2D eigenvalue weighted by atomic mass is 10.0. The van der Waals surface area contributed by atoms with Crippen LogP contribution in [0.5, 0.6) is 11.5 Å². The zero-order chi connectivity index (χ0) is 17.8. The number of hydrogen-bond acceptors (Lipinski definition) is 5. The first kappa shape index (κ1) is 17.0. The number of amides is 1. The summed E-state index contributed by atoms with van der Waals surface area (Å²) >= 11 is 0. The van der Waals surface area contributed by atoms with Crippen molar-refractivity contribution in [3.8, 4) is 11.5 Å². The van der Waals surface area contributed by atoms with Crippen LogP contribution in [0.2, 0.25) is 0 Å². The molecule has 1 aliphatic heterocycles. The van der Waals surface area contributed by atoms with Crippen LogP contribution in [-0.2, 0) is 4.79 Å². The molecule has 1 amide bonds. The lowest BCUT2D eigenvalue weighted by Gasteiger charge is -2.44. The molecule has 1 aliphatic rings. The number of anilines is 2. The molecular formula is C19H23N3O3. The number of hydrogen-bond donors (Lipinski definition) is 3. The highest BCUT2D eigenvalue weighted by atomic mass is 16.3. The van der Waals surface area contributed by atoms with E-state index in [1.165, 1.54) is 0 Å². The van der Waals surface area contributed by atoms with Gasteiger partial charge in [-0.25, -0.2) is 0 Å². The number of piperazine rings is 1. The van der Waals surface area contributed by atoms with E-state index in [9.17, 15) is 15.0 Å². The minimum atomic E-state index is -0.315. The summed E-state index contributed by atoms with van der Waals surface area (Å²) in [7, 11) is 0. The largest absolute Gasteiger partial charge is 0.508 e. The van der Waals surface area contributed by atoms with Crippen molar-refractivity contribution in [1.82, 2.24) is 0 Å². The number of rotatable bonds is 5. The second kappa shape index (κ2) is 7.34. The zero-order valence-electron chi connectivity index (χ0n) is 14.0. The molecule has 6 heteroatoms. The Hall–Kier alpha value is -2.89. The number of carbonyl (C=O) groups is 1. The van der Waals surface area contributed by atoms with Crippen LogP contribution in [0.1, 0.15) is 12.8 Å². The molecule has 132 valence electrons. The molecule has 0 spiro atoms. The highest BCUT2D eigenvalue weighted by molar-refractivity contribution is 5.73. The molecule has 0 aromatic heterocycles. The molecule has 2 aromatic rings. The molecule has 1 heterocycles. The summed E-state index contributed by atoms with van der Waals surface area (Å²) in [6, 6.07) is 14.4. The number of phenolic OH excluding ortho intramolecular Hbond substituents is 2. The molecule has 2 aromatic carbocycles. The minimum absolute atomic E-state index is 0.0883. The van der Waals surface area contributed by atoms with E-state index in [4.69, 9.17) is 5.73 Å². The Morgan fingerprint density at radius 1 is 1.04 bits per heavy atom. The van der Waals surface area contributed by atoms with Gasteiger partial charge >= 0.3 is 0 Å². The number of phenols is 2. The van der Waals surface area contributed by atoms with E-state index in [1.807, 2.05) is 24.3 Å². The maximum absolute atomic E-state index is 11.3.